The molecule has 35 heavy (non-hydrogen) atoms. The van der Waals surface area contributed by atoms with Crippen LogP contribution in [0.3, 0.4) is 0 Å². The highest BCUT2D eigenvalue weighted by molar-refractivity contribution is 7.07. The van der Waals surface area contributed by atoms with E-state index in [1.807, 2.05) is 72.4 Å². The van der Waals surface area contributed by atoms with E-state index >= 15 is 0 Å². The Hall–Kier alpha value is -3.91. The summed E-state index contributed by atoms with van der Waals surface area (Å²) in [5, 5.41) is 1.06. The number of allylic oxidation sites excluding steroid dienone is 1. The molecule has 4 aromatic rings. The Kier molecular flexibility index (Phi) is 5.90. The number of aromatic nitrogens is 2. The lowest BCUT2D eigenvalue weighted by atomic mass is 9.95. The van der Waals surface area contributed by atoms with Crippen molar-refractivity contribution in [2.75, 3.05) is 13.7 Å². The summed E-state index contributed by atoms with van der Waals surface area (Å²) in [6.07, 6.45) is 3.91. The van der Waals surface area contributed by atoms with Crippen molar-refractivity contribution in [3.63, 3.8) is 0 Å². The van der Waals surface area contributed by atoms with Crippen LogP contribution in [0.2, 0.25) is 0 Å². The molecule has 0 saturated carbocycles. The summed E-state index contributed by atoms with van der Waals surface area (Å²) in [6, 6.07) is 14.8. The van der Waals surface area contributed by atoms with Gasteiger partial charge >= 0.3 is 5.97 Å². The fraction of sp³-hybridized carbons (Fsp3) is 0.222. The SMILES string of the molecule is CCOC(=O)C1=C(C)N=c2s/c(=C/c3cn(C)c4ccccc34)c(=O)n2C1c1cccc(OC)c1. The molecule has 0 saturated heterocycles. The zero-order chi connectivity index (χ0) is 24.7. The van der Waals surface area contributed by atoms with E-state index in [2.05, 4.69) is 4.99 Å². The maximum absolute atomic E-state index is 13.8. The van der Waals surface area contributed by atoms with Crippen LogP contribution in [0.15, 0.2) is 75.8 Å². The van der Waals surface area contributed by atoms with E-state index in [9.17, 15) is 9.59 Å². The molecule has 0 fully saturated rings. The van der Waals surface area contributed by atoms with Gasteiger partial charge in [0.15, 0.2) is 4.80 Å². The van der Waals surface area contributed by atoms with Gasteiger partial charge in [-0.2, -0.15) is 0 Å². The predicted octanol–water partition coefficient (Wildman–Crippen LogP) is 3.30. The summed E-state index contributed by atoms with van der Waals surface area (Å²) in [7, 11) is 3.57. The van der Waals surface area contributed by atoms with Crippen LogP contribution >= 0.6 is 11.3 Å². The maximum atomic E-state index is 13.8. The number of thiazole rings is 1. The van der Waals surface area contributed by atoms with E-state index in [-0.39, 0.29) is 12.2 Å². The van der Waals surface area contributed by atoms with E-state index < -0.39 is 12.0 Å². The van der Waals surface area contributed by atoms with Crippen LogP contribution < -0.4 is 19.6 Å². The molecule has 2 aromatic carbocycles. The summed E-state index contributed by atoms with van der Waals surface area (Å²) in [5.74, 6) is 0.156. The Morgan fingerprint density at radius 1 is 1.20 bits per heavy atom. The fourth-order valence-corrected chi connectivity index (χ4v) is 5.59. The first-order chi connectivity index (χ1) is 16.9. The van der Waals surface area contributed by atoms with Gasteiger partial charge in [-0.25, -0.2) is 9.79 Å². The van der Waals surface area contributed by atoms with Gasteiger partial charge in [0.25, 0.3) is 5.56 Å². The number of para-hydroxylation sites is 1. The Balaban J connectivity index is 1.76. The first-order valence-corrected chi connectivity index (χ1v) is 12.1. The van der Waals surface area contributed by atoms with Gasteiger partial charge in [0.2, 0.25) is 0 Å². The molecule has 178 valence electrons. The van der Waals surface area contributed by atoms with Gasteiger partial charge in [0.1, 0.15) is 5.75 Å². The third-order valence-electron chi connectivity index (χ3n) is 6.14. The molecule has 1 atom stereocenters. The summed E-state index contributed by atoms with van der Waals surface area (Å²) in [4.78, 5) is 32.0. The number of aryl methyl sites for hydroxylation is 1. The lowest BCUT2D eigenvalue weighted by Crippen LogP contribution is -2.39. The minimum Gasteiger partial charge on any atom is -0.497 e. The van der Waals surface area contributed by atoms with Crippen molar-refractivity contribution in [2.24, 2.45) is 12.0 Å². The summed E-state index contributed by atoms with van der Waals surface area (Å²) in [5.41, 5.74) is 3.47. The standard InChI is InChI=1S/C27H25N3O4S/c1-5-34-26(32)23-16(2)28-27-30(24(23)17-9-8-10-19(13-17)33-4)25(31)22(35-27)14-18-15-29(3)21-12-7-6-11-20(18)21/h6-15,24H,5H2,1-4H3/b22-14+. The molecule has 0 bridgehead atoms. The number of rotatable bonds is 5. The van der Waals surface area contributed by atoms with Crippen molar-refractivity contribution in [3.8, 4) is 5.75 Å². The van der Waals surface area contributed by atoms with Crippen molar-refractivity contribution in [1.82, 2.24) is 9.13 Å². The topological polar surface area (TPSA) is 74.8 Å². The molecule has 0 aliphatic carbocycles. The Morgan fingerprint density at radius 3 is 2.77 bits per heavy atom. The van der Waals surface area contributed by atoms with Gasteiger partial charge in [0.05, 0.1) is 35.6 Å². The largest absolute Gasteiger partial charge is 0.497 e. The molecule has 7 nitrogen and oxygen atoms in total. The smallest absolute Gasteiger partial charge is 0.338 e. The van der Waals surface area contributed by atoms with Crippen molar-refractivity contribution in [1.29, 1.82) is 0 Å². The minimum absolute atomic E-state index is 0.205. The predicted molar refractivity (Wildman–Crippen MR) is 136 cm³/mol. The molecule has 8 heteroatoms. The van der Waals surface area contributed by atoms with Gasteiger partial charge < -0.3 is 14.0 Å². The number of hydrogen-bond donors (Lipinski definition) is 0. The first-order valence-electron chi connectivity index (χ1n) is 11.3. The van der Waals surface area contributed by atoms with Crippen molar-refractivity contribution >= 4 is 34.3 Å². The third kappa shape index (κ3) is 3.89. The second-order valence-electron chi connectivity index (χ2n) is 8.29. The van der Waals surface area contributed by atoms with Crippen molar-refractivity contribution in [3.05, 3.63) is 96.8 Å². The Bertz CT molecular complexity index is 1670. The highest BCUT2D eigenvalue weighted by Crippen LogP contribution is 2.32. The van der Waals surface area contributed by atoms with Crippen LogP contribution in [0.25, 0.3) is 17.0 Å². The zero-order valence-electron chi connectivity index (χ0n) is 19.9. The van der Waals surface area contributed by atoms with E-state index in [1.165, 1.54) is 11.3 Å². The molecule has 0 amide bonds. The maximum Gasteiger partial charge on any atom is 0.338 e. The average molecular weight is 488 g/mol. The monoisotopic (exact) mass is 487 g/mol. The molecule has 5 rings (SSSR count). The number of ether oxygens (including phenoxy) is 2. The molecular formula is C27H25N3O4S. The Labute approximate surface area is 205 Å². The molecule has 1 aliphatic rings. The van der Waals surface area contributed by atoms with E-state index in [1.54, 1.807) is 25.5 Å². The minimum atomic E-state index is -0.671. The van der Waals surface area contributed by atoms with Gasteiger partial charge in [-0.1, -0.05) is 41.7 Å². The average Bonchev–Trinajstić information content (AvgIpc) is 3.34. The summed E-state index contributed by atoms with van der Waals surface area (Å²) < 4.78 is 15.0. The fourth-order valence-electron chi connectivity index (χ4n) is 4.55. The molecule has 1 aliphatic heterocycles. The van der Waals surface area contributed by atoms with Crippen molar-refractivity contribution < 1.29 is 14.3 Å². The van der Waals surface area contributed by atoms with E-state index in [0.29, 0.717) is 26.4 Å². The van der Waals surface area contributed by atoms with Crippen LogP contribution in [-0.2, 0) is 16.6 Å². The quantitative estimate of drug-likeness (QED) is 0.405. The molecule has 3 heterocycles. The van der Waals surface area contributed by atoms with E-state index in [4.69, 9.17) is 9.47 Å². The summed E-state index contributed by atoms with van der Waals surface area (Å²) in [6.45, 7) is 3.76. The number of nitrogens with zero attached hydrogens (tertiary/aromatic N) is 3. The van der Waals surface area contributed by atoms with Crippen LogP contribution in [0, 0.1) is 0 Å². The van der Waals surface area contributed by atoms with Crippen LogP contribution in [-0.4, -0.2) is 28.8 Å². The van der Waals surface area contributed by atoms with Crippen LogP contribution in [0.1, 0.15) is 31.0 Å². The van der Waals surface area contributed by atoms with Gasteiger partial charge in [-0.05, 0) is 43.7 Å². The van der Waals surface area contributed by atoms with E-state index in [0.717, 1.165) is 22.0 Å². The second kappa shape index (κ2) is 9.03. The number of benzene rings is 2. The number of hydrogen-bond acceptors (Lipinski definition) is 6. The van der Waals surface area contributed by atoms with Crippen molar-refractivity contribution in [2.45, 2.75) is 19.9 Å². The number of fused-ring (bicyclic) bond motifs is 2. The molecule has 0 spiro atoms. The van der Waals surface area contributed by atoms with Gasteiger partial charge in [0, 0.05) is 29.7 Å². The summed E-state index contributed by atoms with van der Waals surface area (Å²) >= 11 is 1.32. The first kappa shape index (κ1) is 22.9. The second-order valence-corrected chi connectivity index (χ2v) is 9.30. The molecule has 1 unspecified atom stereocenters. The van der Waals surface area contributed by atoms with Crippen LogP contribution in [0.4, 0.5) is 0 Å². The molecular weight excluding hydrogens is 462 g/mol. The number of esters is 1. The number of carbonyl (C=O) groups is 1. The lowest BCUT2D eigenvalue weighted by Gasteiger charge is -2.25. The number of carbonyl (C=O) groups excluding carboxylic acids is 1. The Morgan fingerprint density at radius 2 is 2.00 bits per heavy atom. The number of methoxy groups -OCH3 is 1. The third-order valence-corrected chi connectivity index (χ3v) is 7.12. The lowest BCUT2D eigenvalue weighted by molar-refractivity contribution is -0.139. The van der Waals surface area contributed by atoms with Gasteiger partial charge in [-0.3, -0.25) is 9.36 Å². The van der Waals surface area contributed by atoms with Crippen LogP contribution in [0.5, 0.6) is 5.75 Å². The van der Waals surface area contributed by atoms with Gasteiger partial charge in [-0.15, -0.1) is 0 Å². The normalized spacial score (nSPS) is 15.8. The molecule has 0 N–H and O–H groups in total. The zero-order valence-corrected chi connectivity index (χ0v) is 20.8. The molecule has 2 aromatic heterocycles. The highest BCUT2D eigenvalue weighted by atomic mass is 32.1. The molecule has 0 radical (unpaired) electrons. The highest BCUT2D eigenvalue weighted by Gasteiger charge is 2.33.